The van der Waals surface area contributed by atoms with Crippen molar-refractivity contribution in [3.8, 4) is 5.75 Å². The van der Waals surface area contributed by atoms with Crippen LogP contribution in [0.1, 0.15) is 117 Å². The number of phenols is 1. The molecule has 0 atom stereocenters. The van der Waals surface area contributed by atoms with Crippen molar-refractivity contribution in [3.05, 3.63) is 28.8 Å². The van der Waals surface area contributed by atoms with Crippen LogP contribution >= 0.6 is 12.0 Å². The first-order valence-electron chi connectivity index (χ1n) is 11.2. The van der Waals surface area contributed by atoms with Crippen LogP contribution in [0.15, 0.2) is 12.1 Å². The first-order chi connectivity index (χ1) is 13.5. The lowest BCUT2D eigenvalue weighted by Gasteiger charge is -2.28. The molecule has 3 nitrogen and oxygen atoms in total. The van der Waals surface area contributed by atoms with E-state index in [2.05, 4.69) is 48.5 Å². The quantitative estimate of drug-likeness (QED) is 0.292. The molecule has 4 heteroatoms. The second kappa shape index (κ2) is 11.9. The van der Waals surface area contributed by atoms with Gasteiger partial charge in [0.05, 0.1) is 17.8 Å². The van der Waals surface area contributed by atoms with Crippen LogP contribution in [-0.2, 0) is 25.6 Å². The van der Waals surface area contributed by atoms with Crippen molar-refractivity contribution in [2.24, 2.45) is 0 Å². The van der Waals surface area contributed by atoms with E-state index in [9.17, 15) is 9.90 Å². The molecule has 29 heavy (non-hydrogen) atoms. The highest BCUT2D eigenvalue weighted by Gasteiger charge is 2.26. The fraction of sp³-hybridized carbons (Fsp3) is 0.720. The Morgan fingerprint density at radius 3 is 1.86 bits per heavy atom. The molecule has 0 fully saturated rings. The average molecular weight is 423 g/mol. The molecule has 0 spiro atoms. The molecule has 1 aromatic rings. The van der Waals surface area contributed by atoms with Gasteiger partial charge in [-0.3, -0.25) is 4.79 Å². The average Bonchev–Trinajstić information content (AvgIpc) is 2.60. The Labute approximate surface area is 183 Å². The van der Waals surface area contributed by atoms with Gasteiger partial charge in [-0.25, -0.2) is 0 Å². The summed E-state index contributed by atoms with van der Waals surface area (Å²) in [6.45, 7) is 14.9. The fourth-order valence-corrected chi connectivity index (χ4v) is 3.93. The summed E-state index contributed by atoms with van der Waals surface area (Å²) in [5.41, 5.74) is 2.65. The predicted molar refractivity (Wildman–Crippen MR) is 126 cm³/mol. The number of hydrogen-bond donors (Lipinski definition) is 1. The van der Waals surface area contributed by atoms with Crippen molar-refractivity contribution in [3.63, 3.8) is 0 Å². The first kappa shape index (κ1) is 25.9. The largest absolute Gasteiger partial charge is 0.507 e. The minimum absolute atomic E-state index is 0.130. The highest BCUT2D eigenvalue weighted by molar-refractivity contribution is 7.94. The molecule has 0 bridgehead atoms. The number of hydrogen-bond acceptors (Lipinski definition) is 4. The number of aromatic hydroxyl groups is 1. The standard InChI is InChI=1S/C25H42O3S/c1-8-9-10-11-12-13-14-15-22(26)28-29-18-19-16-20(24(2,3)4)23(27)21(17-19)25(5,6)7/h16-17,27H,8-15,18H2,1-7H3. The van der Waals surface area contributed by atoms with E-state index in [1.54, 1.807) is 0 Å². The van der Waals surface area contributed by atoms with E-state index in [-0.39, 0.29) is 16.8 Å². The summed E-state index contributed by atoms with van der Waals surface area (Å²) >= 11 is 1.20. The maximum absolute atomic E-state index is 12.0. The van der Waals surface area contributed by atoms with Gasteiger partial charge in [-0.2, -0.15) is 0 Å². The third-order valence-electron chi connectivity index (χ3n) is 5.15. The molecule has 0 aromatic heterocycles. The Kier molecular flexibility index (Phi) is 10.6. The lowest BCUT2D eigenvalue weighted by Crippen LogP contribution is -2.17. The molecule has 1 aromatic carbocycles. The molecular weight excluding hydrogens is 380 g/mol. The molecule has 0 aliphatic rings. The molecule has 166 valence electrons. The van der Waals surface area contributed by atoms with Crippen molar-refractivity contribution in [2.45, 2.75) is 116 Å². The summed E-state index contributed by atoms with van der Waals surface area (Å²) in [5, 5.41) is 10.8. The maximum atomic E-state index is 12.0. The van der Waals surface area contributed by atoms with Crippen molar-refractivity contribution < 1.29 is 14.1 Å². The number of unbranched alkanes of at least 4 members (excludes halogenated alkanes) is 6. The number of phenolic OH excluding ortho intramolecular Hbond substituents is 1. The van der Waals surface area contributed by atoms with Gasteiger partial charge in [-0.05, 0) is 33.9 Å². The summed E-state index contributed by atoms with van der Waals surface area (Å²) in [5.74, 6) is 0.846. The lowest BCUT2D eigenvalue weighted by molar-refractivity contribution is -0.133. The minimum Gasteiger partial charge on any atom is -0.507 e. The van der Waals surface area contributed by atoms with Gasteiger partial charge in [-0.1, -0.05) is 99.1 Å². The van der Waals surface area contributed by atoms with Gasteiger partial charge >= 0.3 is 5.97 Å². The fourth-order valence-electron chi connectivity index (χ4n) is 3.35. The van der Waals surface area contributed by atoms with Crippen molar-refractivity contribution in [1.82, 2.24) is 0 Å². The number of carbonyl (C=O) groups excluding carboxylic acids is 1. The minimum atomic E-state index is -0.154. The maximum Gasteiger partial charge on any atom is 0.317 e. The molecule has 1 N–H and O–H groups in total. The van der Waals surface area contributed by atoms with Crippen LogP contribution in [0.4, 0.5) is 0 Å². The van der Waals surface area contributed by atoms with Gasteiger partial charge in [0.25, 0.3) is 0 Å². The van der Waals surface area contributed by atoms with Crippen LogP contribution in [0, 0.1) is 0 Å². The molecule has 0 saturated heterocycles. The summed E-state index contributed by atoms with van der Waals surface area (Å²) in [4.78, 5) is 12.0. The zero-order chi connectivity index (χ0) is 22.1. The Hall–Kier alpha value is -1.16. The van der Waals surface area contributed by atoms with Crippen LogP contribution in [0.25, 0.3) is 0 Å². The van der Waals surface area contributed by atoms with Crippen LogP contribution in [-0.4, -0.2) is 11.1 Å². The number of benzene rings is 1. The van der Waals surface area contributed by atoms with Gasteiger partial charge < -0.3 is 9.29 Å². The van der Waals surface area contributed by atoms with Gasteiger partial charge in [0, 0.05) is 6.42 Å². The lowest BCUT2D eigenvalue weighted by atomic mass is 9.78. The Bertz CT molecular complexity index is 603. The molecule has 0 saturated carbocycles. The van der Waals surface area contributed by atoms with E-state index in [0.29, 0.717) is 17.9 Å². The van der Waals surface area contributed by atoms with E-state index >= 15 is 0 Å². The molecular formula is C25H42O3S. The van der Waals surface area contributed by atoms with Gasteiger partial charge in [-0.15, -0.1) is 0 Å². The molecule has 0 radical (unpaired) electrons. The normalized spacial score (nSPS) is 12.2. The highest BCUT2D eigenvalue weighted by Crippen LogP contribution is 2.40. The van der Waals surface area contributed by atoms with Crippen molar-refractivity contribution >= 4 is 18.0 Å². The summed E-state index contributed by atoms with van der Waals surface area (Å²) in [6.07, 6.45) is 8.86. The Morgan fingerprint density at radius 2 is 1.38 bits per heavy atom. The third kappa shape index (κ3) is 9.46. The summed E-state index contributed by atoms with van der Waals surface area (Å²) in [6, 6.07) is 4.09. The highest BCUT2D eigenvalue weighted by atomic mass is 32.2. The zero-order valence-electron chi connectivity index (χ0n) is 19.7. The van der Waals surface area contributed by atoms with Gasteiger partial charge in [0.15, 0.2) is 0 Å². The molecule has 0 amide bonds. The van der Waals surface area contributed by atoms with Crippen molar-refractivity contribution in [2.75, 3.05) is 0 Å². The first-order valence-corrected chi connectivity index (χ1v) is 12.1. The van der Waals surface area contributed by atoms with Gasteiger partial charge in [0.1, 0.15) is 5.75 Å². The smallest absolute Gasteiger partial charge is 0.317 e. The van der Waals surface area contributed by atoms with E-state index in [1.165, 1.54) is 44.1 Å². The van der Waals surface area contributed by atoms with Crippen LogP contribution in [0.3, 0.4) is 0 Å². The molecule has 0 unspecified atom stereocenters. The van der Waals surface area contributed by atoms with E-state index in [0.717, 1.165) is 29.5 Å². The van der Waals surface area contributed by atoms with Crippen LogP contribution < -0.4 is 0 Å². The second-order valence-electron chi connectivity index (χ2n) is 10.1. The van der Waals surface area contributed by atoms with E-state index < -0.39 is 0 Å². The van der Waals surface area contributed by atoms with Crippen molar-refractivity contribution in [1.29, 1.82) is 0 Å². The predicted octanol–water partition coefficient (Wildman–Crippen LogP) is 7.82. The molecule has 0 aliphatic carbocycles. The topological polar surface area (TPSA) is 46.5 Å². The SMILES string of the molecule is CCCCCCCCCC(=O)OSCc1cc(C(C)(C)C)c(O)c(C(C)(C)C)c1. The molecule has 1 rings (SSSR count). The summed E-state index contributed by atoms with van der Waals surface area (Å²) < 4.78 is 5.39. The molecule has 0 aliphatic heterocycles. The zero-order valence-corrected chi connectivity index (χ0v) is 20.5. The van der Waals surface area contributed by atoms with Crippen LogP contribution in [0.5, 0.6) is 5.75 Å². The monoisotopic (exact) mass is 422 g/mol. The third-order valence-corrected chi connectivity index (χ3v) is 5.90. The Balaban J connectivity index is 2.56. The van der Waals surface area contributed by atoms with Gasteiger partial charge in [0.2, 0.25) is 0 Å². The Morgan fingerprint density at radius 1 is 0.897 bits per heavy atom. The second-order valence-corrected chi connectivity index (χ2v) is 10.8. The van der Waals surface area contributed by atoms with E-state index in [1.807, 2.05) is 12.1 Å². The van der Waals surface area contributed by atoms with E-state index in [4.69, 9.17) is 4.18 Å². The van der Waals surface area contributed by atoms with Crippen LogP contribution in [0.2, 0.25) is 0 Å². The summed E-state index contributed by atoms with van der Waals surface area (Å²) in [7, 11) is 0. The number of rotatable bonds is 11. The number of carbonyl (C=O) groups is 1. The molecule has 0 heterocycles.